The number of benzene rings is 2. The van der Waals surface area contributed by atoms with Crippen molar-refractivity contribution >= 4 is 5.97 Å². The normalized spacial score (nSPS) is 11.2. The Morgan fingerprint density at radius 3 is 2.41 bits per heavy atom. The number of methoxy groups -OCH3 is 2. The summed E-state index contributed by atoms with van der Waals surface area (Å²) in [5, 5.41) is 3.82. The smallest absolute Gasteiger partial charge is 0.416 e. The molecule has 0 aliphatic carbocycles. The molecule has 3 aromatic rings. The number of aromatic nitrogens is 2. The zero-order chi connectivity index (χ0) is 21.0. The Bertz CT molecular complexity index is 1000. The van der Waals surface area contributed by atoms with Crippen LogP contribution in [0.4, 0.5) is 13.2 Å². The Labute approximate surface area is 163 Å². The van der Waals surface area contributed by atoms with Gasteiger partial charge in [-0.1, -0.05) is 5.16 Å². The Balaban J connectivity index is 1.67. The van der Waals surface area contributed by atoms with Crippen molar-refractivity contribution in [2.45, 2.75) is 12.8 Å². The number of carbonyl (C=O) groups is 1. The summed E-state index contributed by atoms with van der Waals surface area (Å²) in [5.41, 5.74) is -0.351. The van der Waals surface area contributed by atoms with Crippen molar-refractivity contribution < 1.29 is 36.7 Å². The minimum atomic E-state index is -4.48. The van der Waals surface area contributed by atoms with Crippen LogP contribution in [0.3, 0.4) is 0 Å². The summed E-state index contributed by atoms with van der Waals surface area (Å²) >= 11 is 0. The van der Waals surface area contributed by atoms with E-state index in [0.29, 0.717) is 17.1 Å². The second-order valence-corrected chi connectivity index (χ2v) is 5.73. The number of rotatable bonds is 6. The Hall–Kier alpha value is -3.56. The van der Waals surface area contributed by atoms with Crippen LogP contribution in [0, 0.1) is 0 Å². The lowest BCUT2D eigenvalue weighted by Gasteiger charge is -2.07. The molecule has 29 heavy (non-hydrogen) atoms. The average Bonchev–Trinajstić information content (AvgIpc) is 3.19. The fourth-order valence-corrected chi connectivity index (χ4v) is 2.41. The van der Waals surface area contributed by atoms with Gasteiger partial charge in [0.25, 0.3) is 5.89 Å². The van der Waals surface area contributed by atoms with E-state index in [1.54, 1.807) is 18.2 Å². The minimum Gasteiger partial charge on any atom is -0.497 e. The van der Waals surface area contributed by atoms with Crippen molar-refractivity contribution in [1.29, 1.82) is 0 Å². The summed E-state index contributed by atoms with van der Waals surface area (Å²) in [7, 11) is 3.00. The van der Waals surface area contributed by atoms with Crippen molar-refractivity contribution in [3.63, 3.8) is 0 Å². The molecule has 0 N–H and O–H groups in total. The summed E-state index contributed by atoms with van der Waals surface area (Å²) in [6.07, 6.45) is -4.48. The SMILES string of the molecule is COc1ccc(-c2noc(COC(=O)c3ccc(C(F)(F)F)cc3)n2)c(OC)c1. The highest BCUT2D eigenvalue weighted by Crippen LogP contribution is 2.32. The molecule has 0 saturated heterocycles. The molecule has 0 saturated carbocycles. The van der Waals surface area contributed by atoms with Gasteiger partial charge in [0.1, 0.15) is 11.5 Å². The van der Waals surface area contributed by atoms with E-state index in [4.69, 9.17) is 18.7 Å². The number of hydrogen-bond acceptors (Lipinski definition) is 7. The largest absolute Gasteiger partial charge is 0.497 e. The van der Waals surface area contributed by atoms with Gasteiger partial charge in [0.15, 0.2) is 6.61 Å². The third-order valence-corrected chi connectivity index (χ3v) is 3.89. The third-order valence-electron chi connectivity index (χ3n) is 3.89. The van der Waals surface area contributed by atoms with Crippen molar-refractivity contribution in [1.82, 2.24) is 10.1 Å². The molecule has 0 atom stereocenters. The van der Waals surface area contributed by atoms with Crippen molar-refractivity contribution in [2.75, 3.05) is 14.2 Å². The first-order valence-corrected chi connectivity index (χ1v) is 8.21. The maximum absolute atomic E-state index is 12.6. The first-order valence-electron chi connectivity index (χ1n) is 8.21. The predicted molar refractivity (Wildman–Crippen MR) is 93.4 cm³/mol. The topological polar surface area (TPSA) is 83.7 Å². The number of esters is 1. The molecular weight excluding hydrogens is 393 g/mol. The molecule has 0 radical (unpaired) electrons. The van der Waals surface area contributed by atoms with Gasteiger partial charge in [0.2, 0.25) is 5.82 Å². The summed E-state index contributed by atoms with van der Waals surface area (Å²) in [6.45, 7) is -0.342. The number of ether oxygens (including phenoxy) is 3. The van der Waals surface area contributed by atoms with Crippen LogP contribution in [0.2, 0.25) is 0 Å². The zero-order valence-electron chi connectivity index (χ0n) is 15.3. The molecule has 7 nitrogen and oxygen atoms in total. The zero-order valence-corrected chi connectivity index (χ0v) is 15.3. The van der Waals surface area contributed by atoms with Gasteiger partial charge < -0.3 is 18.7 Å². The van der Waals surface area contributed by atoms with Gasteiger partial charge in [-0.25, -0.2) is 4.79 Å². The summed E-state index contributed by atoms with van der Waals surface area (Å²) in [6, 6.07) is 8.70. The van der Waals surface area contributed by atoms with E-state index in [9.17, 15) is 18.0 Å². The third kappa shape index (κ3) is 4.65. The van der Waals surface area contributed by atoms with Gasteiger partial charge in [-0.15, -0.1) is 0 Å². The van der Waals surface area contributed by atoms with Gasteiger partial charge >= 0.3 is 12.1 Å². The molecule has 0 spiro atoms. The highest BCUT2D eigenvalue weighted by Gasteiger charge is 2.30. The lowest BCUT2D eigenvalue weighted by Crippen LogP contribution is -2.08. The van der Waals surface area contributed by atoms with E-state index in [2.05, 4.69) is 10.1 Å². The van der Waals surface area contributed by atoms with Crippen LogP contribution in [0.1, 0.15) is 21.8 Å². The molecule has 0 aliphatic heterocycles. The molecule has 0 fully saturated rings. The number of alkyl halides is 3. The standard InChI is InChI=1S/C19H15F3N2O5/c1-26-13-7-8-14(15(9-13)27-2)17-23-16(29-24-17)10-28-18(25)11-3-5-12(6-4-11)19(20,21)22/h3-9H,10H2,1-2H3. The molecule has 0 aliphatic rings. The van der Waals surface area contributed by atoms with E-state index in [1.807, 2.05) is 0 Å². The molecular formula is C19H15F3N2O5. The van der Waals surface area contributed by atoms with Crippen LogP contribution in [-0.4, -0.2) is 30.3 Å². The van der Waals surface area contributed by atoms with E-state index in [0.717, 1.165) is 24.3 Å². The van der Waals surface area contributed by atoms with Gasteiger partial charge in [0, 0.05) is 6.07 Å². The fourth-order valence-electron chi connectivity index (χ4n) is 2.41. The summed E-state index contributed by atoms with van der Waals surface area (Å²) in [5.74, 6) is 0.446. The maximum atomic E-state index is 12.6. The quantitative estimate of drug-likeness (QED) is 0.567. The maximum Gasteiger partial charge on any atom is 0.416 e. The summed E-state index contributed by atoms with van der Waals surface area (Å²) in [4.78, 5) is 16.1. The molecule has 0 unspecified atom stereocenters. The average molecular weight is 408 g/mol. The van der Waals surface area contributed by atoms with Gasteiger partial charge in [-0.2, -0.15) is 18.2 Å². The molecule has 152 valence electrons. The second kappa shape index (κ2) is 8.21. The first kappa shape index (κ1) is 20.2. The van der Waals surface area contributed by atoms with Crippen LogP contribution in [0.25, 0.3) is 11.4 Å². The van der Waals surface area contributed by atoms with E-state index in [1.165, 1.54) is 14.2 Å². The van der Waals surface area contributed by atoms with Crippen LogP contribution >= 0.6 is 0 Å². The van der Waals surface area contributed by atoms with E-state index in [-0.39, 0.29) is 23.9 Å². The first-order chi connectivity index (χ1) is 13.8. The van der Waals surface area contributed by atoms with Crippen molar-refractivity contribution in [2.24, 2.45) is 0 Å². The number of carbonyl (C=O) groups excluding carboxylic acids is 1. The lowest BCUT2D eigenvalue weighted by molar-refractivity contribution is -0.137. The second-order valence-electron chi connectivity index (χ2n) is 5.73. The molecule has 0 amide bonds. The molecule has 0 bridgehead atoms. The molecule has 1 heterocycles. The van der Waals surface area contributed by atoms with Crippen LogP contribution in [0.15, 0.2) is 47.0 Å². The summed E-state index contributed by atoms with van der Waals surface area (Å²) < 4.78 is 58.2. The van der Waals surface area contributed by atoms with Gasteiger partial charge in [0.05, 0.1) is 30.9 Å². The highest BCUT2D eigenvalue weighted by molar-refractivity contribution is 5.89. The van der Waals surface area contributed by atoms with Crippen molar-refractivity contribution in [3.8, 4) is 22.9 Å². The predicted octanol–water partition coefficient (Wildman–Crippen LogP) is 4.13. The lowest BCUT2D eigenvalue weighted by atomic mass is 10.1. The van der Waals surface area contributed by atoms with Crippen LogP contribution < -0.4 is 9.47 Å². The van der Waals surface area contributed by atoms with Crippen molar-refractivity contribution in [3.05, 3.63) is 59.5 Å². The van der Waals surface area contributed by atoms with Crippen LogP contribution in [0.5, 0.6) is 11.5 Å². The molecule has 2 aromatic carbocycles. The fraction of sp³-hybridized carbons (Fsp3) is 0.211. The Morgan fingerprint density at radius 2 is 1.79 bits per heavy atom. The van der Waals surface area contributed by atoms with E-state index < -0.39 is 17.7 Å². The number of hydrogen-bond donors (Lipinski definition) is 0. The Kier molecular flexibility index (Phi) is 5.71. The van der Waals surface area contributed by atoms with Gasteiger partial charge in [-0.05, 0) is 36.4 Å². The van der Waals surface area contributed by atoms with Gasteiger partial charge in [-0.3, -0.25) is 0 Å². The molecule has 3 rings (SSSR count). The molecule has 1 aromatic heterocycles. The number of nitrogens with zero attached hydrogens (tertiary/aromatic N) is 2. The monoisotopic (exact) mass is 408 g/mol. The minimum absolute atomic E-state index is 0.0122. The Morgan fingerprint density at radius 1 is 1.07 bits per heavy atom. The number of halogens is 3. The van der Waals surface area contributed by atoms with Crippen LogP contribution in [-0.2, 0) is 17.5 Å². The molecule has 10 heteroatoms. The van der Waals surface area contributed by atoms with E-state index >= 15 is 0 Å². The highest BCUT2D eigenvalue weighted by atomic mass is 19.4.